The number of nitrogens with zero attached hydrogens (tertiary/aromatic N) is 3. The van der Waals surface area contributed by atoms with Gasteiger partial charge in [-0.1, -0.05) is 91.0 Å². The zero-order chi connectivity index (χ0) is 22.6. The Morgan fingerprint density at radius 2 is 1.34 bits per heavy atom. The van der Waals surface area contributed by atoms with E-state index < -0.39 is 10.0 Å². The molecule has 4 rings (SSSR count). The second-order valence-corrected chi connectivity index (χ2v) is 9.88. The van der Waals surface area contributed by atoms with Crippen molar-refractivity contribution in [2.75, 3.05) is 0 Å². The number of sulfonamides is 1. The van der Waals surface area contributed by atoms with Gasteiger partial charge in [0.05, 0.1) is 6.54 Å². The summed E-state index contributed by atoms with van der Waals surface area (Å²) in [5.41, 5.74) is 3.26. The van der Waals surface area contributed by atoms with Crippen molar-refractivity contribution < 1.29 is 8.42 Å². The molecule has 32 heavy (non-hydrogen) atoms. The molecule has 6 heteroatoms. The molecule has 1 aromatic heterocycles. The monoisotopic (exact) mass is 445 g/mol. The number of benzene rings is 3. The minimum absolute atomic E-state index is 0.207. The summed E-state index contributed by atoms with van der Waals surface area (Å²) in [6.45, 7) is 4.60. The number of hydrogen-bond acceptors (Lipinski definition) is 3. The van der Waals surface area contributed by atoms with Crippen LogP contribution in [-0.2, 0) is 23.1 Å². The van der Waals surface area contributed by atoms with E-state index in [0.29, 0.717) is 18.8 Å². The SMILES string of the molecule is CC(C)N(Cc1ccccc1)S(=O)(=O)c1cn(Cc2ccccc2)nc1-c1ccccc1. The molecule has 0 saturated carbocycles. The predicted octanol–water partition coefficient (Wildman–Crippen LogP) is 5.20. The summed E-state index contributed by atoms with van der Waals surface area (Å²) in [4.78, 5) is 0.226. The Morgan fingerprint density at radius 3 is 1.91 bits per heavy atom. The zero-order valence-corrected chi connectivity index (χ0v) is 19.1. The standard InChI is InChI=1S/C26H27N3O2S/c1-21(2)29(19-23-14-8-4-9-15-23)32(30,31)25-20-28(18-22-12-6-3-7-13-22)27-26(25)24-16-10-5-11-17-24/h3-17,20-21H,18-19H2,1-2H3. The highest BCUT2D eigenvalue weighted by molar-refractivity contribution is 7.89. The van der Waals surface area contributed by atoms with Gasteiger partial charge in [0.15, 0.2) is 0 Å². The lowest BCUT2D eigenvalue weighted by Crippen LogP contribution is -2.36. The molecule has 1 heterocycles. The zero-order valence-electron chi connectivity index (χ0n) is 18.3. The van der Waals surface area contributed by atoms with Crippen LogP contribution in [0.3, 0.4) is 0 Å². The molecule has 4 aromatic rings. The van der Waals surface area contributed by atoms with E-state index >= 15 is 0 Å². The second-order valence-electron chi connectivity index (χ2n) is 8.02. The molecular formula is C26H27N3O2S. The van der Waals surface area contributed by atoms with Gasteiger partial charge in [-0.2, -0.15) is 9.40 Å². The van der Waals surface area contributed by atoms with Gasteiger partial charge in [-0.3, -0.25) is 4.68 Å². The van der Waals surface area contributed by atoms with Gasteiger partial charge in [0, 0.05) is 24.3 Å². The fourth-order valence-corrected chi connectivity index (χ4v) is 5.46. The number of hydrogen-bond donors (Lipinski definition) is 0. The third-order valence-corrected chi connectivity index (χ3v) is 7.33. The van der Waals surface area contributed by atoms with Gasteiger partial charge in [0.1, 0.15) is 10.6 Å². The van der Waals surface area contributed by atoms with Crippen molar-refractivity contribution in [3.8, 4) is 11.3 Å². The molecule has 164 valence electrons. The minimum Gasteiger partial charge on any atom is -0.266 e. The Kier molecular flexibility index (Phi) is 6.53. The van der Waals surface area contributed by atoms with Crippen molar-refractivity contribution in [2.45, 2.75) is 37.9 Å². The molecule has 0 radical (unpaired) electrons. The van der Waals surface area contributed by atoms with Crippen molar-refractivity contribution in [3.63, 3.8) is 0 Å². The molecule has 0 atom stereocenters. The van der Waals surface area contributed by atoms with Gasteiger partial charge in [-0.15, -0.1) is 0 Å². The Labute approximate surface area is 190 Å². The highest BCUT2D eigenvalue weighted by atomic mass is 32.2. The van der Waals surface area contributed by atoms with E-state index in [9.17, 15) is 8.42 Å². The first kappa shape index (κ1) is 22.0. The van der Waals surface area contributed by atoms with Crippen LogP contribution < -0.4 is 0 Å². The molecule has 5 nitrogen and oxygen atoms in total. The average molecular weight is 446 g/mol. The first-order valence-corrected chi connectivity index (χ1v) is 12.1. The summed E-state index contributed by atoms with van der Waals surface area (Å²) in [6, 6.07) is 28.9. The molecule has 3 aromatic carbocycles. The summed E-state index contributed by atoms with van der Waals surface area (Å²) >= 11 is 0. The molecule has 0 aliphatic carbocycles. The van der Waals surface area contributed by atoms with Gasteiger partial charge in [-0.05, 0) is 25.0 Å². The molecule has 0 N–H and O–H groups in total. The average Bonchev–Trinajstić information content (AvgIpc) is 3.24. The quantitative estimate of drug-likeness (QED) is 0.375. The summed E-state index contributed by atoms with van der Waals surface area (Å²) < 4.78 is 31.1. The predicted molar refractivity (Wildman–Crippen MR) is 128 cm³/mol. The van der Waals surface area contributed by atoms with Crippen LogP contribution in [0, 0.1) is 0 Å². The van der Waals surface area contributed by atoms with E-state index in [-0.39, 0.29) is 10.9 Å². The Morgan fingerprint density at radius 1 is 0.812 bits per heavy atom. The maximum Gasteiger partial charge on any atom is 0.247 e. The second kappa shape index (κ2) is 9.51. The maximum atomic E-state index is 13.9. The number of aromatic nitrogens is 2. The maximum absolute atomic E-state index is 13.9. The molecular weight excluding hydrogens is 418 g/mol. The van der Waals surface area contributed by atoms with Gasteiger partial charge in [0.25, 0.3) is 0 Å². The van der Waals surface area contributed by atoms with Crippen LogP contribution in [0.1, 0.15) is 25.0 Å². The largest absolute Gasteiger partial charge is 0.266 e. The Balaban J connectivity index is 1.78. The van der Waals surface area contributed by atoms with Crippen molar-refractivity contribution in [3.05, 3.63) is 108 Å². The smallest absolute Gasteiger partial charge is 0.247 e. The first-order chi connectivity index (χ1) is 15.4. The van der Waals surface area contributed by atoms with Crippen LogP contribution in [0.2, 0.25) is 0 Å². The summed E-state index contributed by atoms with van der Waals surface area (Å²) in [5, 5.41) is 4.70. The van der Waals surface area contributed by atoms with Crippen molar-refractivity contribution >= 4 is 10.0 Å². The molecule has 0 aliphatic rings. The van der Waals surface area contributed by atoms with E-state index in [1.165, 1.54) is 0 Å². The summed E-state index contributed by atoms with van der Waals surface area (Å²) in [7, 11) is -3.80. The van der Waals surface area contributed by atoms with Crippen LogP contribution in [0.15, 0.2) is 102 Å². The summed E-state index contributed by atoms with van der Waals surface area (Å²) in [6.07, 6.45) is 1.66. The third kappa shape index (κ3) is 4.82. The van der Waals surface area contributed by atoms with Gasteiger partial charge >= 0.3 is 0 Å². The van der Waals surface area contributed by atoms with Crippen LogP contribution in [0.5, 0.6) is 0 Å². The molecule has 0 aliphatic heterocycles. The summed E-state index contributed by atoms with van der Waals surface area (Å²) in [5.74, 6) is 0. The Bertz CT molecular complexity index is 1250. The van der Waals surface area contributed by atoms with Crippen LogP contribution >= 0.6 is 0 Å². The van der Waals surface area contributed by atoms with E-state index in [1.807, 2.05) is 105 Å². The fourth-order valence-electron chi connectivity index (χ4n) is 3.67. The van der Waals surface area contributed by atoms with Crippen molar-refractivity contribution in [1.29, 1.82) is 0 Å². The normalized spacial score (nSPS) is 11.9. The van der Waals surface area contributed by atoms with Crippen LogP contribution in [0.4, 0.5) is 0 Å². The first-order valence-electron chi connectivity index (χ1n) is 10.7. The van der Waals surface area contributed by atoms with E-state index in [2.05, 4.69) is 0 Å². The van der Waals surface area contributed by atoms with Crippen LogP contribution in [0.25, 0.3) is 11.3 Å². The lowest BCUT2D eigenvalue weighted by atomic mass is 10.2. The van der Waals surface area contributed by atoms with Gasteiger partial charge in [0.2, 0.25) is 10.0 Å². The molecule has 0 saturated heterocycles. The van der Waals surface area contributed by atoms with Crippen molar-refractivity contribution in [2.24, 2.45) is 0 Å². The van der Waals surface area contributed by atoms with E-state index in [0.717, 1.165) is 16.7 Å². The Hall–Kier alpha value is -3.22. The number of rotatable bonds is 8. The van der Waals surface area contributed by atoms with E-state index in [4.69, 9.17) is 5.10 Å². The molecule has 0 amide bonds. The third-order valence-electron chi connectivity index (χ3n) is 5.31. The van der Waals surface area contributed by atoms with Gasteiger partial charge < -0.3 is 0 Å². The van der Waals surface area contributed by atoms with E-state index in [1.54, 1.807) is 15.2 Å². The topological polar surface area (TPSA) is 55.2 Å². The molecule has 0 bridgehead atoms. The fraction of sp³-hybridized carbons (Fsp3) is 0.192. The molecule has 0 spiro atoms. The highest BCUT2D eigenvalue weighted by Gasteiger charge is 2.32. The minimum atomic E-state index is -3.80. The lowest BCUT2D eigenvalue weighted by Gasteiger charge is -2.26. The van der Waals surface area contributed by atoms with Crippen molar-refractivity contribution in [1.82, 2.24) is 14.1 Å². The molecule has 0 unspecified atom stereocenters. The lowest BCUT2D eigenvalue weighted by molar-refractivity contribution is 0.348. The highest BCUT2D eigenvalue weighted by Crippen LogP contribution is 2.30. The van der Waals surface area contributed by atoms with Crippen LogP contribution in [-0.4, -0.2) is 28.5 Å². The molecule has 0 fully saturated rings. The van der Waals surface area contributed by atoms with Gasteiger partial charge in [-0.25, -0.2) is 8.42 Å².